The van der Waals surface area contributed by atoms with Crippen LogP contribution >= 0.6 is 0 Å². The highest BCUT2D eigenvalue weighted by Crippen LogP contribution is 2.20. The fourth-order valence-corrected chi connectivity index (χ4v) is 2.79. The Balaban J connectivity index is 1.82. The molecule has 0 fully saturated rings. The van der Waals surface area contributed by atoms with Crippen LogP contribution in [0.4, 0.5) is 5.69 Å². The molecule has 0 spiro atoms. The molecule has 1 heterocycles. The molecule has 0 saturated heterocycles. The van der Waals surface area contributed by atoms with Crippen molar-refractivity contribution in [2.45, 2.75) is 13.5 Å². The van der Waals surface area contributed by atoms with Crippen LogP contribution in [0.15, 0.2) is 70.5 Å². The first-order valence-electron chi connectivity index (χ1n) is 9.01. The predicted molar refractivity (Wildman–Crippen MR) is 109 cm³/mol. The normalized spacial score (nSPS) is 10.4. The second kappa shape index (κ2) is 8.92. The van der Waals surface area contributed by atoms with E-state index in [1.165, 1.54) is 17.0 Å². The van der Waals surface area contributed by atoms with Crippen molar-refractivity contribution in [3.8, 4) is 17.2 Å². The van der Waals surface area contributed by atoms with Gasteiger partial charge in [-0.15, -0.1) is 0 Å². The van der Waals surface area contributed by atoms with Gasteiger partial charge in [0.05, 0.1) is 19.4 Å². The van der Waals surface area contributed by atoms with Crippen molar-refractivity contribution in [3.63, 3.8) is 0 Å². The van der Waals surface area contributed by atoms with Gasteiger partial charge in [0.2, 0.25) is 5.91 Å². The smallest absolute Gasteiger partial charge is 0.321 e. The summed E-state index contributed by atoms with van der Waals surface area (Å²) in [5.41, 5.74) is -0.547. The molecule has 8 nitrogen and oxygen atoms in total. The molecule has 3 rings (SSSR count). The third kappa shape index (κ3) is 4.55. The molecule has 0 radical (unpaired) electrons. The molecule has 8 heteroatoms. The number of nitrogens with zero attached hydrogens (tertiary/aromatic N) is 2. The first kappa shape index (κ1) is 19.9. The zero-order valence-corrected chi connectivity index (χ0v) is 16.1. The van der Waals surface area contributed by atoms with E-state index < -0.39 is 17.0 Å². The molecule has 3 aromatic rings. The zero-order chi connectivity index (χ0) is 20.8. The lowest BCUT2D eigenvalue weighted by Gasteiger charge is -2.13. The van der Waals surface area contributed by atoms with Gasteiger partial charge in [0.1, 0.15) is 18.0 Å². The third-order valence-corrected chi connectivity index (χ3v) is 4.17. The van der Waals surface area contributed by atoms with Gasteiger partial charge in [0.15, 0.2) is 0 Å². The number of ether oxygens (including phenoxy) is 2. The second-order valence-electron chi connectivity index (χ2n) is 6.08. The molecule has 0 aliphatic heterocycles. The molecule has 0 aliphatic rings. The lowest BCUT2D eigenvalue weighted by atomic mass is 10.3. The number of carbonyl (C=O) groups excluding carboxylic acids is 1. The molecule has 0 aliphatic carbocycles. The summed E-state index contributed by atoms with van der Waals surface area (Å²) in [5, 5.41) is 2.68. The van der Waals surface area contributed by atoms with E-state index in [0.29, 0.717) is 29.5 Å². The predicted octanol–water partition coefficient (Wildman–Crippen LogP) is 2.05. The van der Waals surface area contributed by atoms with Crippen molar-refractivity contribution in [1.82, 2.24) is 9.13 Å². The minimum atomic E-state index is -0.802. The Labute approximate surface area is 166 Å². The summed E-state index contributed by atoms with van der Waals surface area (Å²) in [6, 6.07) is 13.7. The maximum absolute atomic E-state index is 12.6. The summed E-state index contributed by atoms with van der Waals surface area (Å²) in [6.45, 7) is 1.97. The van der Waals surface area contributed by atoms with E-state index in [0.717, 1.165) is 4.57 Å². The molecule has 0 atom stereocenters. The average Bonchev–Trinajstić information content (AvgIpc) is 2.73. The summed E-state index contributed by atoms with van der Waals surface area (Å²) in [5.74, 6) is 0.728. The van der Waals surface area contributed by atoms with E-state index in [-0.39, 0.29) is 6.54 Å². The van der Waals surface area contributed by atoms with E-state index in [1.54, 1.807) is 55.6 Å². The third-order valence-electron chi connectivity index (χ3n) is 4.17. The van der Waals surface area contributed by atoms with E-state index in [1.807, 2.05) is 6.92 Å². The molecule has 1 aromatic heterocycles. The van der Waals surface area contributed by atoms with Crippen LogP contribution in [0.2, 0.25) is 0 Å². The number of methoxy groups -OCH3 is 1. The number of hydrogen-bond donors (Lipinski definition) is 1. The van der Waals surface area contributed by atoms with Crippen molar-refractivity contribution < 1.29 is 14.3 Å². The molecular weight excluding hydrogens is 374 g/mol. The molecule has 29 heavy (non-hydrogen) atoms. The van der Waals surface area contributed by atoms with Gasteiger partial charge < -0.3 is 14.8 Å². The molecule has 2 aromatic carbocycles. The van der Waals surface area contributed by atoms with Crippen molar-refractivity contribution in [2.24, 2.45) is 0 Å². The Morgan fingerprint density at radius 2 is 1.72 bits per heavy atom. The van der Waals surface area contributed by atoms with Crippen LogP contribution in [-0.4, -0.2) is 28.8 Å². The minimum absolute atomic E-state index is 0.284. The Bertz CT molecular complexity index is 1120. The summed E-state index contributed by atoms with van der Waals surface area (Å²) in [4.78, 5) is 37.3. The number of nitrogens with one attached hydrogen (secondary N) is 1. The number of benzene rings is 2. The average molecular weight is 395 g/mol. The van der Waals surface area contributed by atoms with Crippen LogP contribution in [-0.2, 0) is 11.3 Å². The molecule has 1 amide bonds. The molecule has 150 valence electrons. The van der Waals surface area contributed by atoms with Crippen molar-refractivity contribution >= 4 is 11.6 Å². The van der Waals surface area contributed by atoms with Gasteiger partial charge in [-0.3, -0.25) is 23.5 Å². The number of anilines is 1. The number of para-hydroxylation sites is 2. The lowest BCUT2D eigenvalue weighted by molar-refractivity contribution is -0.116. The number of carbonyl (C=O) groups is 1. The number of amides is 1. The number of aromatic nitrogens is 2. The van der Waals surface area contributed by atoms with Crippen molar-refractivity contribution in [3.05, 3.63) is 81.6 Å². The van der Waals surface area contributed by atoms with E-state index in [4.69, 9.17) is 9.47 Å². The fourth-order valence-electron chi connectivity index (χ4n) is 2.79. The monoisotopic (exact) mass is 395 g/mol. The SMILES string of the molecule is CCOc1ccccc1-n1ccn(CC(=O)Nc2ccc(OC)cc2)c(=O)c1=O. The van der Waals surface area contributed by atoms with Gasteiger partial charge >= 0.3 is 11.1 Å². The van der Waals surface area contributed by atoms with Crippen LogP contribution in [0.1, 0.15) is 6.92 Å². The van der Waals surface area contributed by atoms with Gasteiger partial charge in [-0.25, -0.2) is 0 Å². The van der Waals surface area contributed by atoms with Crippen molar-refractivity contribution in [2.75, 3.05) is 19.0 Å². The topological polar surface area (TPSA) is 91.6 Å². The van der Waals surface area contributed by atoms with E-state index >= 15 is 0 Å². The number of rotatable bonds is 7. The first-order chi connectivity index (χ1) is 14.0. The highest BCUT2D eigenvalue weighted by Gasteiger charge is 2.13. The Morgan fingerprint density at radius 3 is 2.41 bits per heavy atom. The van der Waals surface area contributed by atoms with Crippen LogP contribution in [0.5, 0.6) is 11.5 Å². The van der Waals surface area contributed by atoms with E-state index in [2.05, 4.69) is 5.32 Å². The van der Waals surface area contributed by atoms with Gasteiger partial charge in [-0.1, -0.05) is 12.1 Å². The largest absolute Gasteiger partial charge is 0.497 e. The molecular formula is C21H21N3O5. The summed E-state index contributed by atoms with van der Waals surface area (Å²) >= 11 is 0. The van der Waals surface area contributed by atoms with Crippen molar-refractivity contribution in [1.29, 1.82) is 0 Å². The van der Waals surface area contributed by atoms with Crippen LogP contribution in [0, 0.1) is 0 Å². The summed E-state index contributed by atoms with van der Waals surface area (Å²) in [7, 11) is 1.55. The Hall–Kier alpha value is -3.81. The fraction of sp³-hybridized carbons (Fsp3) is 0.190. The van der Waals surface area contributed by atoms with Gasteiger partial charge in [-0.05, 0) is 43.3 Å². The zero-order valence-electron chi connectivity index (χ0n) is 16.1. The van der Waals surface area contributed by atoms with Gasteiger partial charge in [0.25, 0.3) is 0 Å². The quantitative estimate of drug-likeness (QED) is 0.618. The van der Waals surface area contributed by atoms with Crippen LogP contribution in [0.3, 0.4) is 0 Å². The number of hydrogen-bond acceptors (Lipinski definition) is 5. The first-order valence-corrected chi connectivity index (χ1v) is 9.01. The molecule has 0 unspecified atom stereocenters. The van der Waals surface area contributed by atoms with Gasteiger partial charge in [-0.2, -0.15) is 0 Å². The Morgan fingerprint density at radius 1 is 1.00 bits per heavy atom. The van der Waals surface area contributed by atoms with Crippen LogP contribution < -0.4 is 25.9 Å². The molecule has 1 N–H and O–H groups in total. The summed E-state index contributed by atoms with van der Waals surface area (Å²) < 4.78 is 12.9. The lowest BCUT2D eigenvalue weighted by Crippen LogP contribution is -2.41. The second-order valence-corrected chi connectivity index (χ2v) is 6.08. The standard InChI is InChI=1S/C21H21N3O5/c1-3-29-18-7-5-4-6-17(18)24-13-12-23(20(26)21(24)27)14-19(25)22-15-8-10-16(28-2)11-9-15/h4-13H,3,14H2,1-2H3,(H,22,25). The van der Waals surface area contributed by atoms with Gasteiger partial charge in [0, 0.05) is 18.1 Å². The molecule has 0 bridgehead atoms. The maximum Gasteiger partial charge on any atom is 0.321 e. The highest BCUT2D eigenvalue weighted by atomic mass is 16.5. The minimum Gasteiger partial charge on any atom is -0.497 e. The maximum atomic E-state index is 12.6. The summed E-state index contributed by atoms with van der Waals surface area (Å²) in [6.07, 6.45) is 2.85. The molecule has 0 saturated carbocycles. The highest BCUT2D eigenvalue weighted by molar-refractivity contribution is 5.90. The Kier molecular flexibility index (Phi) is 6.13. The van der Waals surface area contributed by atoms with E-state index in [9.17, 15) is 14.4 Å². The van der Waals surface area contributed by atoms with Crippen LogP contribution in [0.25, 0.3) is 5.69 Å².